The van der Waals surface area contributed by atoms with E-state index in [9.17, 15) is 0 Å². The van der Waals surface area contributed by atoms with Crippen LogP contribution in [0.15, 0.2) is 41.1 Å². The van der Waals surface area contributed by atoms with E-state index in [4.69, 9.17) is 10.3 Å². The molecule has 18 heavy (non-hydrogen) atoms. The molecule has 2 aromatic heterocycles. The Morgan fingerprint density at radius 1 is 1.17 bits per heavy atom. The Balaban J connectivity index is 1.99. The number of aryl methyl sites for hydroxylation is 1. The van der Waals surface area contributed by atoms with Gasteiger partial charge in [0.1, 0.15) is 5.69 Å². The average molecular weight is 241 g/mol. The molecule has 3 aromatic rings. The number of hydrogen-bond donors (Lipinski definition) is 1. The third-order valence-corrected chi connectivity index (χ3v) is 2.63. The van der Waals surface area contributed by atoms with Crippen molar-refractivity contribution in [3.63, 3.8) is 0 Å². The average Bonchev–Trinajstić information content (AvgIpc) is 2.98. The van der Waals surface area contributed by atoms with Gasteiger partial charge in [0.05, 0.1) is 0 Å². The number of anilines is 1. The van der Waals surface area contributed by atoms with Crippen molar-refractivity contribution in [2.24, 2.45) is 7.05 Å². The summed E-state index contributed by atoms with van der Waals surface area (Å²) in [6, 6.07) is 9.13. The minimum atomic E-state index is 0.446. The highest BCUT2D eigenvalue weighted by Crippen LogP contribution is 2.22. The van der Waals surface area contributed by atoms with Crippen molar-refractivity contribution in [2.45, 2.75) is 0 Å². The van der Waals surface area contributed by atoms with Gasteiger partial charge >= 0.3 is 0 Å². The molecule has 0 atom stereocenters. The second-order valence-corrected chi connectivity index (χ2v) is 3.89. The van der Waals surface area contributed by atoms with Crippen LogP contribution in [0.3, 0.4) is 0 Å². The molecule has 0 bridgehead atoms. The number of benzene rings is 1. The first-order valence-electron chi connectivity index (χ1n) is 5.42. The van der Waals surface area contributed by atoms with Gasteiger partial charge in [-0.1, -0.05) is 5.16 Å². The fourth-order valence-electron chi connectivity index (χ4n) is 1.66. The van der Waals surface area contributed by atoms with E-state index < -0.39 is 0 Å². The van der Waals surface area contributed by atoms with Crippen LogP contribution in [0.1, 0.15) is 0 Å². The van der Waals surface area contributed by atoms with Gasteiger partial charge in [0.25, 0.3) is 5.89 Å². The lowest BCUT2D eigenvalue weighted by Crippen LogP contribution is -1.93. The predicted octanol–water partition coefficient (Wildman–Crippen LogP) is 1.72. The Hall–Kier alpha value is -2.63. The van der Waals surface area contributed by atoms with Crippen molar-refractivity contribution in [1.29, 1.82) is 0 Å². The number of rotatable bonds is 2. The summed E-state index contributed by atoms with van der Waals surface area (Å²) in [6.45, 7) is 0. The van der Waals surface area contributed by atoms with Crippen LogP contribution in [0.4, 0.5) is 5.69 Å². The summed E-state index contributed by atoms with van der Waals surface area (Å²) >= 11 is 0. The van der Waals surface area contributed by atoms with Crippen LogP contribution >= 0.6 is 0 Å². The predicted molar refractivity (Wildman–Crippen MR) is 66.3 cm³/mol. The van der Waals surface area contributed by atoms with E-state index in [1.165, 1.54) is 0 Å². The van der Waals surface area contributed by atoms with Gasteiger partial charge in [0, 0.05) is 24.5 Å². The quantitative estimate of drug-likeness (QED) is 0.691. The van der Waals surface area contributed by atoms with Crippen LogP contribution < -0.4 is 5.73 Å². The fraction of sp³-hybridized carbons (Fsp3) is 0.0833. The number of nitrogens with zero attached hydrogens (tertiary/aromatic N) is 4. The molecule has 6 heteroatoms. The Morgan fingerprint density at radius 3 is 2.61 bits per heavy atom. The molecule has 2 N–H and O–H groups in total. The first kappa shape index (κ1) is 10.5. The highest BCUT2D eigenvalue weighted by Gasteiger charge is 2.12. The van der Waals surface area contributed by atoms with E-state index in [2.05, 4.69) is 15.2 Å². The zero-order valence-corrected chi connectivity index (χ0v) is 9.74. The summed E-state index contributed by atoms with van der Waals surface area (Å²) in [5, 5.41) is 8.00. The lowest BCUT2D eigenvalue weighted by Gasteiger charge is -1.95. The molecule has 0 unspecified atom stereocenters. The molecule has 0 spiro atoms. The second-order valence-electron chi connectivity index (χ2n) is 3.89. The minimum absolute atomic E-state index is 0.446. The summed E-state index contributed by atoms with van der Waals surface area (Å²) in [5.74, 6) is 0.980. The molecule has 0 aliphatic rings. The molecule has 0 saturated carbocycles. The molecule has 0 aliphatic heterocycles. The van der Waals surface area contributed by atoms with Crippen LogP contribution in [-0.2, 0) is 7.05 Å². The van der Waals surface area contributed by atoms with Gasteiger partial charge in [-0.05, 0) is 30.3 Å². The van der Waals surface area contributed by atoms with Crippen molar-refractivity contribution in [2.75, 3.05) is 5.73 Å². The van der Waals surface area contributed by atoms with Crippen LogP contribution in [0.5, 0.6) is 0 Å². The maximum absolute atomic E-state index is 5.63. The van der Waals surface area contributed by atoms with Gasteiger partial charge in [0.15, 0.2) is 0 Å². The monoisotopic (exact) mass is 241 g/mol. The number of nitrogen functional groups attached to an aromatic ring is 1. The van der Waals surface area contributed by atoms with E-state index in [-0.39, 0.29) is 0 Å². The maximum Gasteiger partial charge on any atom is 0.276 e. The van der Waals surface area contributed by atoms with Crippen molar-refractivity contribution in [3.8, 4) is 23.0 Å². The molecular weight excluding hydrogens is 230 g/mol. The summed E-state index contributed by atoms with van der Waals surface area (Å²) in [6.07, 6.45) is 1.68. The maximum atomic E-state index is 5.63. The lowest BCUT2D eigenvalue weighted by molar-refractivity contribution is 0.428. The molecule has 0 amide bonds. The molecule has 0 aliphatic carbocycles. The Bertz CT molecular complexity index is 668. The highest BCUT2D eigenvalue weighted by molar-refractivity contribution is 5.60. The summed E-state index contributed by atoms with van der Waals surface area (Å²) < 4.78 is 6.90. The van der Waals surface area contributed by atoms with Crippen molar-refractivity contribution >= 4 is 5.69 Å². The van der Waals surface area contributed by atoms with Crippen molar-refractivity contribution in [1.82, 2.24) is 19.9 Å². The summed E-state index contributed by atoms with van der Waals surface area (Å²) in [4.78, 5) is 4.33. The Labute approximate surface area is 103 Å². The molecule has 0 radical (unpaired) electrons. The molecule has 3 rings (SSSR count). The Kier molecular flexibility index (Phi) is 2.33. The second kappa shape index (κ2) is 3.99. The van der Waals surface area contributed by atoms with Gasteiger partial charge in [0.2, 0.25) is 5.82 Å². The fourth-order valence-corrected chi connectivity index (χ4v) is 1.66. The van der Waals surface area contributed by atoms with Crippen LogP contribution in [0.25, 0.3) is 23.0 Å². The van der Waals surface area contributed by atoms with E-state index >= 15 is 0 Å². The number of aromatic nitrogens is 4. The smallest absolute Gasteiger partial charge is 0.276 e. The zero-order valence-electron chi connectivity index (χ0n) is 9.74. The van der Waals surface area contributed by atoms with Gasteiger partial charge in [-0.25, -0.2) is 0 Å². The lowest BCUT2D eigenvalue weighted by atomic mass is 10.2. The normalized spacial score (nSPS) is 10.7. The van der Waals surface area contributed by atoms with Crippen molar-refractivity contribution < 1.29 is 4.52 Å². The largest absolute Gasteiger partial charge is 0.399 e. The third kappa shape index (κ3) is 1.73. The van der Waals surface area contributed by atoms with Crippen molar-refractivity contribution in [3.05, 3.63) is 36.5 Å². The van der Waals surface area contributed by atoms with E-state index in [0.717, 1.165) is 11.3 Å². The molecule has 0 saturated heterocycles. The summed E-state index contributed by atoms with van der Waals surface area (Å²) in [5.41, 5.74) is 7.98. The van der Waals surface area contributed by atoms with E-state index in [1.807, 2.05) is 25.2 Å². The standard InChI is InChI=1S/C12H11N5O/c1-17-10(6-7-14-17)12-15-11(16-18-12)8-2-4-9(13)5-3-8/h2-7H,13H2,1H3. The van der Waals surface area contributed by atoms with Gasteiger partial charge in [-0.15, -0.1) is 0 Å². The first-order valence-corrected chi connectivity index (χ1v) is 5.42. The van der Waals surface area contributed by atoms with Gasteiger partial charge < -0.3 is 10.3 Å². The van der Waals surface area contributed by atoms with E-state index in [0.29, 0.717) is 17.4 Å². The van der Waals surface area contributed by atoms with Gasteiger partial charge in [-0.3, -0.25) is 4.68 Å². The highest BCUT2D eigenvalue weighted by atomic mass is 16.5. The Morgan fingerprint density at radius 2 is 1.94 bits per heavy atom. The topological polar surface area (TPSA) is 82.8 Å². The summed E-state index contributed by atoms with van der Waals surface area (Å²) in [7, 11) is 1.82. The molecule has 90 valence electrons. The van der Waals surface area contributed by atoms with E-state index in [1.54, 1.807) is 23.0 Å². The molecular formula is C12H11N5O. The third-order valence-electron chi connectivity index (χ3n) is 2.63. The molecule has 1 aromatic carbocycles. The number of hydrogen-bond acceptors (Lipinski definition) is 5. The minimum Gasteiger partial charge on any atom is -0.399 e. The van der Waals surface area contributed by atoms with Crippen LogP contribution in [-0.4, -0.2) is 19.9 Å². The number of nitrogens with two attached hydrogens (primary N) is 1. The SMILES string of the molecule is Cn1nccc1-c1nc(-c2ccc(N)cc2)no1. The van der Waals surface area contributed by atoms with Crippen LogP contribution in [0, 0.1) is 0 Å². The molecule has 2 heterocycles. The zero-order chi connectivity index (χ0) is 12.5. The first-order chi connectivity index (χ1) is 8.74. The molecule has 0 fully saturated rings. The molecule has 6 nitrogen and oxygen atoms in total. The van der Waals surface area contributed by atoms with Crippen LogP contribution in [0.2, 0.25) is 0 Å². The van der Waals surface area contributed by atoms with Gasteiger partial charge in [-0.2, -0.15) is 10.1 Å².